The van der Waals surface area contributed by atoms with Gasteiger partial charge < -0.3 is 4.52 Å². The highest BCUT2D eigenvalue weighted by atomic mass is 31.1. The molecule has 84 valence electrons. The molecule has 2 rings (SSSR count). The van der Waals surface area contributed by atoms with E-state index in [1.165, 1.54) is 0 Å². The molecule has 3 nitrogen and oxygen atoms in total. The molecule has 0 aliphatic heterocycles. The Kier molecular flexibility index (Phi) is 3.63. The molecule has 0 heterocycles. The fourth-order valence-corrected chi connectivity index (χ4v) is 1.78. The first-order valence-corrected chi connectivity index (χ1v) is 5.74. The molecule has 4 heteroatoms. The molecule has 0 saturated carbocycles. The van der Waals surface area contributed by atoms with E-state index in [0.29, 0.717) is 5.56 Å². The van der Waals surface area contributed by atoms with E-state index in [1.54, 1.807) is 12.1 Å². The van der Waals surface area contributed by atoms with E-state index >= 15 is 0 Å². The summed E-state index contributed by atoms with van der Waals surface area (Å²) in [5.41, 5.74) is 2.09. The van der Waals surface area contributed by atoms with Crippen LogP contribution in [0.25, 0.3) is 11.1 Å². The van der Waals surface area contributed by atoms with E-state index in [0.717, 1.165) is 11.1 Å². The number of hydrogen-bond donors (Lipinski definition) is 0. The van der Waals surface area contributed by atoms with Crippen LogP contribution in [0.2, 0.25) is 0 Å². The predicted octanol–water partition coefficient (Wildman–Crippen LogP) is 3.72. The SMILES string of the molecule is O=POC(=O)c1ccccc1-c1ccccc1. The van der Waals surface area contributed by atoms with Crippen molar-refractivity contribution >= 4 is 14.7 Å². The lowest BCUT2D eigenvalue weighted by atomic mass is 10.00. The second-order valence-electron chi connectivity index (χ2n) is 3.36. The topological polar surface area (TPSA) is 43.4 Å². The minimum absolute atomic E-state index is 0.405. The first-order valence-electron chi connectivity index (χ1n) is 5.01. The highest BCUT2D eigenvalue weighted by Crippen LogP contribution is 2.24. The quantitative estimate of drug-likeness (QED) is 0.773. The van der Waals surface area contributed by atoms with Gasteiger partial charge in [-0.25, -0.2) is 9.36 Å². The summed E-state index contributed by atoms with van der Waals surface area (Å²) in [6.07, 6.45) is 0. The molecular formula is C13H9O3P. The van der Waals surface area contributed by atoms with Gasteiger partial charge in [-0.1, -0.05) is 48.5 Å². The highest BCUT2D eigenvalue weighted by Gasteiger charge is 2.13. The molecule has 0 aromatic heterocycles. The van der Waals surface area contributed by atoms with Gasteiger partial charge in [-0.3, -0.25) is 0 Å². The van der Waals surface area contributed by atoms with Gasteiger partial charge in [0, 0.05) is 0 Å². The van der Waals surface area contributed by atoms with Crippen molar-refractivity contribution in [2.45, 2.75) is 0 Å². The number of rotatable bonds is 3. The van der Waals surface area contributed by atoms with Crippen LogP contribution >= 0.6 is 8.69 Å². The average molecular weight is 244 g/mol. The largest absolute Gasteiger partial charge is 0.398 e. The van der Waals surface area contributed by atoms with Crippen LogP contribution in [0.1, 0.15) is 10.4 Å². The number of benzene rings is 2. The lowest BCUT2D eigenvalue weighted by Gasteiger charge is -2.06. The maximum absolute atomic E-state index is 11.6. The van der Waals surface area contributed by atoms with Gasteiger partial charge in [0.05, 0.1) is 5.56 Å². The van der Waals surface area contributed by atoms with Crippen molar-refractivity contribution in [3.63, 3.8) is 0 Å². The van der Waals surface area contributed by atoms with Crippen LogP contribution in [0.5, 0.6) is 0 Å². The molecule has 0 unspecified atom stereocenters. The molecule has 17 heavy (non-hydrogen) atoms. The van der Waals surface area contributed by atoms with E-state index in [2.05, 4.69) is 4.52 Å². The molecule has 0 N–H and O–H groups in total. The summed E-state index contributed by atoms with van der Waals surface area (Å²) in [6.45, 7) is 0. The van der Waals surface area contributed by atoms with Gasteiger partial charge in [0.25, 0.3) is 0 Å². The molecule has 0 radical (unpaired) electrons. The molecule has 0 fully saturated rings. The van der Waals surface area contributed by atoms with Crippen molar-refractivity contribution in [2.75, 3.05) is 0 Å². The zero-order chi connectivity index (χ0) is 12.1. The third-order valence-electron chi connectivity index (χ3n) is 2.35. The summed E-state index contributed by atoms with van der Waals surface area (Å²) in [7, 11) is -0.636. The molecular weight excluding hydrogens is 235 g/mol. The number of hydrogen-bond acceptors (Lipinski definition) is 3. The monoisotopic (exact) mass is 244 g/mol. The Balaban J connectivity index is 2.48. The molecule has 0 aliphatic rings. The van der Waals surface area contributed by atoms with Crippen LogP contribution < -0.4 is 0 Å². The third-order valence-corrected chi connectivity index (χ3v) is 2.59. The Hall–Kier alpha value is -1.99. The molecule has 0 saturated heterocycles. The Morgan fingerprint density at radius 2 is 1.59 bits per heavy atom. The average Bonchev–Trinajstić information content (AvgIpc) is 2.40. The molecule has 2 aromatic carbocycles. The molecule has 0 bridgehead atoms. The van der Waals surface area contributed by atoms with Gasteiger partial charge in [-0.05, 0) is 17.2 Å². The van der Waals surface area contributed by atoms with E-state index in [-0.39, 0.29) is 0 Å². The van der Waals surface area contributed by atoms with Crippen molar-refractivity contribution in [3.05, 3.63) is 60.2 Å². The van der Waals surface area contributed by atoms with Crippen LogP contribution in [0.15, 0.2) is 54.6 Å². The minimum Gasteiger partial charge on any atom is -0.369 e. The zero-order valence-corrected chi connectivity index (χ0v) is 9.76. The van der Waals surface area contributed by atoms with Crippen LogP contribution in [-0.2, 0) is 9.09 Å². The highest BCUT2D eigenvalue weighted by molar-refractivity contribution is 7.18. The number of carbonyl (C=O) groups is 1. The first-order chi connectivity index (χ1) is 8.33. The maximum atomic E-state index is 11.6. The Morgan fingerprint density at radius 1 is 0.941 bits per heavy atom. The summed E-state index contributed by atoms with van der Waals surface area (Å²) < 4.78 is 14.8. The van der Waals surface area contributed by atoms with Crippen molar-refractivity contribution < 1.29 is 13.9 Å². The fraction of sp³-hybridized carbons (Fsp3) is 0. The van der Waals surface area contributed by atoms with Gasteiger partial charge in [-0.2, -0.15) is 0 Å². The molecule has 2 aromatic rings. The fourth-order valence-electron chi connectivity index (χ4n) is 1.61. The van der Waals surface area contributed by atoms with Crippen molar-refractivity contribution in [1.82, 2.24) is 0 Å². The predicted molar refractivity (Wildman–Crippen MR) is 64.9 cm³/mol. The molecule has 0 spiro atoms. The maximum Gasteiger partial charge on any atom is 0.398 e. The van der Waals surface area contributed by atoms with Gasteiger partial charge in [0.15, 0.2) is 0 Å². The lowest BCUT2D eigenvalue weighted by molar-refractivity contribution is 0.0757. The summed E-state index contributed by atoms with van der Waals surface area (Å²) >= 11 is 0. The smallest absolute Gasteiger partial charge is 0.369 e. The van der Waals surface area contributed by atoms with E-state index in [4.69, 9.17) is 0 Å². The number of carbonyl (C=O) groups excluding carboxylic acids is 1. The van der Waals surface area contributed by atoms with Crippen LogP contribution in [-0.4, -0.2) is 5.97 Å². The van der Waals surface area contributed by atoms with Crippen molar-refractivity contribution in [3.8, 4) is 11.1 Å². The summed E-state index contributed by atoms with van der Waals surface area (Å²) in [5, 5.41) is 0. The molecule has 0 amide bonds. The van der Waals surface area contributed by atoms with Crippen LogP contribution in [0, 0.1) is 0 Å². The summed E-state index contributed by atoms with van der Waals surface area (Å²) in [6, 6.07) is 16.6. The van der Waals surface area contributed by atoms with Gasteiger partial charge >= 0.3 is 14.7 Å². The van der Waals surface area contributed by atoms with Gasteiger partial charge in [0.1, 0.15) is 0 Å². The summed E-state index contributed by atoms with van der Waals surface area (Å²) in [5.74, 6) is -0.596. The Labute approximate surface area is 100 Å². The standard InChI is InChI=1S/C13H9O3P/c14-13(16-17-15)12-9-5-4-8-11(12)10-6-2-1-3-7-10/h1-9H. The van der Waals surface area contributed by atoms with Crippen LogP contribution in [0.4, 0.5) is 0 Å². The third kappa shape index (κ3) is 2.58. The van der Waals surface area contributed by atoms with Crippen molar-refractivity contribution in [1.29, 1.82) is 0 Å². The second kappa shape index (κ2) is 5.37. The van der Waals surface area contributed by atoms with E-state index < -0.39 is 14.7 Å². The first kappa shape index (κ1) is 11.5. The van der Waals surface area contributed by atoms with E-state index in [9.17, 15) is 9.36 Å². The zero-order valence-electron chi connectivity index (χ0n) is 8.87. The normalized spacial score (nSPS) is 10.1. The second-order valence-corrected chi connectivity index (χ2v) is 3.70. The molecule has 0 aliphatic carbocycles. The lowest BCUT2D eigenvalue weighted by Crippen LogP contribution is -2.00. The Morgan fingerprint density at radius 3 is 2.29 bits per heavy atom. The van der Waals surface area contributed by atoms with Crippen molar-refractivity contribution in [2.24, 2.45) is 0 Å². The van der Waals surface area contributed by atoms with E-state index in [1.807, 2.05) is 42.5 Å². The van der Waals surface area contributed by atoms with Crippen LogP contribution in [0.3, 0.4) is 0 Å². The van der Waals surface area contributed by atoms with Gasteiger partial charge in [-0.15, -0.1) is 0 Å². The molecule has 0 atom stereocenters. The Bertz CT molecular complexity index is 537. The van der Waals surface area contributed by atoms with Gasteiger partial charge in [0.2, 0.25) is 0 Å². The minimum atomic E-state index is -0.636. The summed E-state index contributed by atoms with van der Waals surface area (Å²) in [4.78, 5) is 11.6.